The summed E-state index contributed by atoms with van der Waals surface area (Å²) in [5.74, 6) is 0. The van der Waals surface area contributed by atoms with E-state index in [0.717, 1.165) is 11.0 Å². The first-order valence-corrected chi connectivity index (χ1v) is 3.72. The van der Waals surface area contributed by atoms with Crippen molar-refractivity contribution < 1.29 is 0 Å². The minimum absolute atomic E-state index is 1.05. The SMILES string of the molecule is CC1=CC(Br)=CN(C)C1. The first-order valence-electron chi connectivity index (χ1n) is 2.93. The van der Waals surface area contributed by atoms with Crippen molar-refractivity contribution in [2.45, 2.75) is 6.92 Å². The van der Waals surface area contributed by atoms with Gasteiger partial charge in [-0.25, -0.2) is 0 Å². The Morgan fingerprint density at radius 1 is 1.67 bits per heavy atom. The van der Waals surface area contributed by atoms with Crippen molar-refractivity contribution in [1.29, 1.82) is 0 Å². The van der Waals surface area contributed by atoms with Crippen LogP contribution in [0, 0.1) is 0 Å². The molecule has 0 aromatic heterocycles. The molecule has 0 bridgehead atoms. The smallest absolute Gasteiger partial charge is 0.0381 e. The molecule has 0 amide bonds. The standard InChI is InChI=1S/C7H10BrN/c1-6-3-7(8)5-9(2)4-6/h3,5H,4H2,1-2H3. The average Bonchev–Trinajstić information content (AvgIpc) is 1.59. The molecule has 1 aliphatic rings. The van der Waals surface area contributed by atoms with E-state index in [1.54, 1.807) is 0 Å². The lowest BCUT2D eigenvalue weighted by Gasteiger charge is -2.18. The van der Waals surface area contributed by atoms with E-state index >= 15 is 0 Å². The fraction of sp³-hybridized carbons (Fsp3) is 0.429. The minimum atomic E-state index is 1.05. The van der Waals surface area contributed by atoms with Crippen molar-refractivity contribution in [2.24, 2.45) is 0 Å². The van der Waals surface area contributed by atoms with E-state index in [0.29, 0.717) is 0 Å². The van der Waals surface area contributed by atoms with Crippen LogP contribution in [0.25, 0.3) is 0 Å². The molecule has 0 saturated carbocycles. The van der Waals surface area contributed by atoms with Gasteiger partial charge in [0, 0.05) is 24.3 Å². The zero-order chi connectivity index (χ0) is 6.85. The maximum absolute atomic E-state index is 3.41. The lowest BCUT2D eigenvalue weighted by Crippen LogP contribution is -2.16. The number of allylic oxidation sites excluding steroid dienone is 2. The molecule has 2 heteroatoms. The highest BCUT2D eigenvalue weighted by Gasteiger charge is 2.01. The van der Waals surface area contributed by atoms with Gasteiger partial charge in [-0.2, -0.15) is 0 Å². The summed E-state index contributed by atoms with van der Waals surface area (Å²) < 4.78 is 1.16. The van der Waals surface area contributed by atoms with Crippen LogP contribution in [0.1, 0.15) is 6.92 Å². The maximum Gasteiger partial charge on any atom is 0.0381 e. The van der Waals surface area contributed by atoms with Crippen LogP contribution in [0.4, 0.5) is 0 Å². The molecule has 0 fully saturated rings. The monoisotopic (exact) mass is 187 g/mol. The Labute approximate surface area is 64.2 Å². The van der Waals surface area contributed by atoms with Gasteiger partial charge in [0.25, 0.3) is 0 Å². The molecule has 1 heterocycles. The molecular formula is C7H10BrN. The summed E-state index contributed by atoms with van der Waals surface area (Å²) >= 11 is 3.41. The zero-order valence-corrected chi connectivity index (χ0v) is 7.27. The number of hydrogen-bond acceptors (Lipinski definition) is 1. The molecule has 1 aliphatic heterocycles. The Morgan fingerprint density at radius 3 is 2.78 bits per heavy atom. The van der Waals surface area contributed by atoms with Crippen molar-refractivity contribution in [2.75, 3.05) is 13.6 Å². The lowest BCUT2D eigenvalue weighted by atomic mass is 10.2. The molecule has 1 rings (SSSR count). The summed E-state index contributed by atoms with van der Waals surface area (Å²) in [6.45, 7) is 3.18. The number of hydrogen-bond donors (Lipinski definition) is 0. The molecule has 0 radical (unpaired) electrons. The number of rotatable bonds is 0. The van der Waals surface area contributed by atoms with Crippen molar-refractivity contribution in [1.82, 2.24) is 4.90 Å². The molecule has 0 aliphatic carbocycles. The molecule has 50 valence electrons. The molecule has 1 nitrogen and oxygen atoms in total. The molecule has 0 aromatic carbocycles. The van der Waals surface area contributed by atoms with Crippen LogP contribution in [-0.2, 0) is 0 Å². The van der Waals surface area contributed by atoms with Crippen LogP contribution >= 0.6 is 15.9 Å². The van der Waals surface area contributed by atoms with Crippen LogP contribution < -0.4 is 0 Å². The van der Waals surface area contributed by atoms with Crippen molar-refractivity contribution >= 4 is 15.9 Å². The number of nitrogens with zero attached hydrogens (tertiary/aromatic N) is 1. The highest BCUT2D eigenvalue weighted by molar-refractivity contribution is 9.11. The molecule has 0 N–H and O–H groups in total. The summed E-state index contributed by atoms with van der Waals surface area (Å²) in [5.41, 5.74) is 1.40. The predicted molar refractivity (Wildman–Crippen MR) is 43.4 cm³/mol. The fourth-order valence-corrected chi connectivity index (χ4v) is 1.71. The van der Waals surface area contributed by atoms with Gasteiger partial charge < -0.3 is 4.90 Å². The van der Waals surface area contributed by atoms with E-state index in [4.69, 9.17) is 0 Å². The van der Waals surface area contributed by atoms with Gasteiger partial charge in [0.1, 0.15) is 0 Å². The van der Waals surface area contributed by atoms with Crippen LogP contribution in [0.2, 0.25) is 0 Å². The molecule has 0 unspecified atom stereocenters. The Kier molecular flexibility index (Phi) is 1.96. The first kappa shape index (κ1) is 6.87. The number of halogens is 1. The average molecular weight is 188 g/mol. The van der Waals surface area contributed by atoms with Crippen LogP contribution in [0.15, 0.2) is 22.3 Å². The van der Waals surface area contributed by atoms with Gasteiger partial charge in [-0.15, -0.1) is 0 Å². The van der Waals surface area contributed by atoms with Gasteiger partial charge in [0.05, 0.1) is 0 Å². The quantitative estimate of drug-likeness (QED) is 0.562. The summed E-state index contributed by atoms with van der Waals surface area (Å²) in [5, 5.41) is 0. The molecule has 0 aromatic rings. The van der Waals surface area contributed by atoms with E-state index in [1.807, 2.05) is 0 Å². The molecule has 9 heavy (non-hydrogen) atoms. The van der Waals surface area contributed by atoms with Gasteiger partial charge in [-0.1, -0.05) is 5.57 Å². The Hall–Kier alpha value is -0.240. The summed E-state index contributed by atoms with van der Waals surface area (Å²) in [4.78, 5) is 2.15. The lowest BCUT2D eigenvalue weighted by molar-refractivity contribution is 0.490. The van der Waals surface area contributed by atoms with E-state index in [1.165, 1.54) is 5.57 Å². The Balaban J connectivity index is 2.74. The van der Waals surface area contributed by atoms with E-state index in [-0.39, 0.29) is 0 Å². The van der Waals surface area contributed by atoms with E-state index < -0.39 is 0 Å². The van der Waals surface area contributed by atoms with E-state index in [2.05, 4.69) is 47.1 Å². The fourth-order valence-electron chi connectivity index (χ4n) is 0.968. The summed E-state index contributed by atoms with van der Waals surface area (Å²) in [6, 6.07) is 0. The van der Waals surface area contributed by atoms with Gasteiger partial charge in [0.2, 0.25) is 0 Å². The molecule has 0 saturated heterocycles. The second kappa shape index (κ2) is 2.56. The Bertz CT molecular complexity index is 170. The third-order valence-electron chi connectivity index (χ3n) is 1.23. The van der Waals surface area contributed by atoms with Crippen LogP contribution in [-0.4, -0.2) is 18.5 Å². The normalized spacial score (nSPS) is 19.2. The Morgan fingerprint density at radius 2 is 2.33 bits per heavy atom. The van der Waals surface area contributed by atoms with Crippen LogP contribution in [0.3, 0.4) is 0 Å². The predicted octanol–water partition coefficient (Wildman–Crippen LogP) is 2.11. The molecule has 0 atom stereocenters. The first-order chi connectivity index (χ1) is 4.18. The molecule has 0 spiro atoms. The van der Waals surface area contributed by atoms with Gasteiger partial charge in [-0.05, 0) is 28.9 Å². The maximum atomic E-state index is 3.41. The molecular weight excluding hydrogens is 178 g/mol. The largest absolute Gasteiger partial charge is 0.376 e. The van der Waals surface area contributed by atoms with Crippen molar-refractivity contribution in [3.05, 3.63) is 22.3 Å². The van der Waals surface area contributed by atoms with Crippen molar-refractivity contribution in [3.63, 3.8) is 0 Å². The van der Waals surface area contributed by atoms with Crippen LogP contribution in [0.5, 0.6) is 0 Å². The summed E-state index contributed by atoms with van der Waals surface area (Å²) in [6.07, 6.45) is 4.22. The second-order valence-corrected chi connectivity index (χ2v) is 3.34. The van der Waals surface area contributed by atoms with Gasteiger partial charge in [-0.3, -0.25) is 0 Å². The van der Waals surface area contributed by atoms with E-state index in [9.17, 15) is 0 Å². The van der Waals surface area contributed by atoms with Crippen molar-refractivity contribution in [3.8, 4) is 0 Å². The third kappa shape index (κ3) is 1.86. The second-order valence-electron chi connectivity index (χ2n) is 2.42. The summed E-state index contributed by atoms with van der Waals surface area (Å²) in [7, 11) is 2.07. The minimum Gasteiger partial charge on any atom is -0.376 e. The van der Waals surface area contributed by atoms with Gasteiger partial charge >= 0.3 is 0 Å². The zero-order valence-electron chi connectivity index (χ0n) is 5.69. The number of likely N-dealkylation sites (N-methyl/N-ethyl adjacent to an activating group) is 1. The third-order valence-corrected chi connectivity index (χ3v) is 1.66. The highest BCUT2D eigenvalue weighted by atomic mass is 79.9. The van der Waals surface area contributed by atoms with Gasteiger partial charge in [0.15, 0.2) is 0 Å². The highest BCUT2D eigenvalue weighted by Crippen LogP contribution is 2.15. The topological polar surface area (TPSA) is 3.24 Å².